The predicted molar refractivity (Wildman–Crippen MR) is 137 cm³/mol. The molecule has 0 radical (unpaired) electrons. The molecule has 2 amide bonds. The Labute approximate surface area is 214 Å². The maximum absolute atomic E-state index is 14.2. The molecule has 1 unspecified atom stereocenters. The summed E-state index contributed by atoms with van der Waals surface area (Å²) in [7, 11) is 6.15. The molecule has 1 atom stereocenters. The number of amides is 2. The van der Waals surface area contributed by atoms with E-state index in [2.05, 4.69) is 5.10 Å². The lowest BCUT2D eigenvalue weighted by molar-refractivity contribution is -0.133. The third-order valence-corrected chi connectivity index (χ3v) is 6.20. The Morgan fingerprint density at radius 3 is 2.32 bits per heavy atom. The molecule has 0 bridgehead atoms. The number of hydrogen-bond acceptors (Lipinski definition) is 6. The van der Waals surface area contributed by atoms with Crippen LogP contribution in [0.3, 0.4) is 0 Å². The minimum absolute atomic E-state index is 0.0990. The minimum atomic E-state index is -0.643. The number of hydrogen-bond donors (Lipinski definition) is 0. The molecule has 0 saturated carbocycles. The molecule has 1 aliphatic heterocycles. The molecule has 9 heteroatoms. The molecule has 0 spiro atoms. The second kappa shape index (κ2) is 11.1. The minimum Gasteiger partial charge on any atom is -0.497 e. The van der Waals surface area contributed by atoms with Gasteiger partial charge in [0.05, 0.1) is 38.6 Å². The maximum Gasteiger partial charge on any atom is 0.262 e. The third kappa shape index (κ3) is 5.40. The average Bonchev–Trinajstić information content (AvgIpc) is 3.38. The molecule has 3 aromatic carbocycles. The molecule has 0 saturated heterocycles. The molecular formula is C28H28FN3O5. The Kier molecular flexibility index (Phi) is 7.71. The van der Waals surface area contributed by atoms with E-state index in [1.165, 1.54) is 35.2 Å². The van der Waals surface area contributed by atoms with E-state index in [9.17, 15) is 14.0 Å². The number of hydrazone groups is 1. The van der Waals surface area contributed by atoms with E-state index in [0.29, 0.717) is 29.4 Å². The Bertz CT molecular complexity index is 1330. The van der Waals surface area contributed by atoms with Gasteiger partial charge >= 0.3 is 0 Å². The van der Waals surface area contributed by atoms with Crippen molar-refractivity contribution in [3.8, 4) is 17.2 Å². The largest absolute Gasteiger partial charge is 0.497 e. The molecule has 1 aliphatic rings. The van der Waals surface area contributed by atoms with E-state index in [1.807, 2.05) is 36.4 Å². The van der Waals surface area contributed by atoms with E-state index in [-0.39, 0.29) is 12.1 Å². The number of nitrogens with zero attached hydrogens (tertiary/aromatic N) is 3. The first-order valence-corrected chi connectivity index (χ1v) is 11.6. The summed E-state index contributed by atoms with van der Waals surface area (Å²) in [5.74, 6) is 0.157. The van der Waals surface area contributed by atoms with Gasteiger partial charge in [0.2, 0.25) is 0 Å². The first-order valence-electron chi connectivity index (χ1n) is 11.6. The maximum atomic E-state index is 14.2. The van der Waals surface area contributed by atoms with Crippen molar-refractivity contribution in [1.29, 1.82) is 0 Å². The van der Waals surface area contributed by atoms with Gasteiger partial charge in [0, 0.05) is 13.5 Å². The molecular weight excluding hydrogens is 477 g/mol. The van der Waals surface area contributed by atoms with Crippen molar-refractivity contribution in [2.45, 2.75) is 12.5 Å². The fourth-order valence-corrected chi connectivity index (χ4v) is 4.21. The number of likely N-dealkylation sites (N-methyl/N-ethyl adjacent to an activating group) is 1. The number of carbonyl (C=O) groups excluding carboxylic acids is 2. The fourth-order valence-electron chi connectivity index (χ4n) is 4.21. The number of rotatable bonds is 8. The van der Waals surface area contributed by atoms with E-state index >= 15 is 0 Å². The van der Waals surface area contributed by atoms with E-state index < -0.39 is 23.7 Å². The molecule has 3 aromatic rings. The Morgan fingerprint density at radius 1 is 0.973 bits per heavy atom. The molecule has 0 aliphatic carbocycles. The standard InChI is InChI=1S/C28H28FN3O5/c1-31(28(34)21-7-5-6-8-22(21)29)17-27(33)32-24(19-11-14-25(36-3)26(15-19)37-4)16-23(30-32)18-9-12-20(35-2)13-10-18/h5-15,24H,16-17H2,1-4H3. The fraction of sp³-hybridized carbons (Fsp3) is 0.250. The van der Waals surface area contributed by atoms with Gasteiger partial charge in [-0.25, -0.2) is 9.40 Å². The van der Waals surface area contributed by atoms with Crippen LogP contribution in [0.1, 0.15) is 33.9 Å². The third-order valence-electron chi connectivity index (χ3n) is 6.20. The Hall–Kier alpha value is -4.40. The highest BCUT2D eigenvalue weighted by atomic mass is 19.1. The van der Waals surface area contributed by atoms with Crippen molar-refractivity contribution in [2.75, 3.05) is 34.9 Å². The van der Waals surface area contributed by atoms with Crippen LogP contribution in [0.2, 0.25) is 0 Å². The number of carbonyl (C=O) groups is 2. The number of benzene rings is 3. The molecule has 1 heterocycles. The summed E-state index contributed by atoms with van der Waals surface area (Å²) >= 11 is 0. The monoisotopic (exact) mass is 505 g/mol. The summed E-state index contributed by atoms with van der Waals surface area (Å²) in [6, 6.07) is 18.1. The zero-order chi connectivity index (χ0) is 26.5. The second-order valence-electron chi connectivity index (χ2n) is 8.49. The van der Waals surface area contributed by atoms with Gasteiger partial charge in [0.25, 0.3) is 11.8 Å². The summed E-state index contributed by atoms with van der Waals surface area (Å²) in [5, 5.41) is 6.03. The summed E-state index contributed by atoms with van der Waals surface area (Å²) in [4.78, 5) is 27.5. The van der Waals surface area contributed by atoms with Crippen LogP contribution in [0.25, 0.3) is 0 Å². The molecule has 0 N–H and O–H groups in total. The zero-order valence-corrected chi connectivity index (χ0v) is 21.1. The lowest BCUT2D eigenvalue weighted by atomic mass is 9.98. The quantitative estimate of drug-likeness (QED) is 0.456. The molecule has 0 fully saturated rings. The van der Waals surface area contributed by atoms with Gasteiger partial charge in [-0.05, 0) is 59.7 Å². The van der Waals surface area contributed by atoms with Gasteiger partial charge in [-0.3, -0.25) is 9.59 Å². The zero-order valence-electron chi connectivity index (χ0n) is 21.1. The summed E-state index contributed by atoms with van der Waals surface area (Å²) in [6.45, 7) is -0.281. The number of ether oxygens (including phenoxy) is 3. The van der Waals surface area contributed by atoms with Crippen LogP contribution in [-0.4, -0.2) is 62.4 Å². The molecule has 0 aromatic heterocycles. The normalized spacial score (nSPS) is 14.7. The summed E-state index contributed by atoms with van der Waals surface area (Å²) in [5.41, 5.74) is 2.25. The second-order valence-corrected chi connectivity index (χ2v) is 8.49. The summed E-state index contributed by atoms with van der Waals surface area (Å²) < 4.78 is 30.2. The van der Waals surface area contributed by atoms with Crippen LogP contribution < -0.4 is 14.2 Å². The molecule has 8 nitrogen and oxygen atoms in total. The van der Waals surface area contributed by atoms with Gasteiger partial charge in [-0.2, -0.15) is 5.10 Å². The van der Waals surface area contributed by atoms with Gasteiger partial charge in [-0.1, -0.05) is 18.2 Å². The van der Waals surface area contributed by atoms with Gasteiger partial charge in [-0.15, -0.1) is 0 Å². The van der Waals surface area contributed by atoms with Crippen molar-refractivity contribution >= 4 is 17.5 Å². The SMILES string of the molecule is COc1ccc(C2=NN(C(=O)CN(C)C(=O)c3ccccc3F)C(c3ccc(OC)c(OC)c3)C2)cc1. The Morgan fingerprint density at radius 2 is 1.68 bits per heavy atom. The lowest BCUT2D eigenvalue weighted by Gasteiger charge is -2.25. The first kappa shape index (κ1) is 25.7. The summed E-state index contributed by atoms with van der Waals surface area (Å²) in [6.07, 6.45) is 0.443. The van der Waals surface area contributed by atoms with Crippen LogP contribution in [0, 0.1) is 5.82 Å². The van der Waals surface area contributed by atoms with Crippen molar-refractivity contribution in [3.05, 3.63) is 89.2 Å². The topological polar surface area (TPSA) is 80.7 Å². The van der Waals surface area contributed by atoms with Crippen molar-refractivity contribution < 1.29 is 28.2 Å². The molecule has 37 heavy (non-hydrogen) atoms. The van der Waals surface area contributed by atoms with Crippen LogP contribution in [0.4, 0.5) is 4.39 Å². The van der Waals surface area contributed by atoms with E-state index in [0.717, 1.165) is 11.1 Å². The highest BCUT2D eigenvalue weighted by molar-refractivity contribution is 6.04. The van der Waals surface area contributed by atoms with Crippen LogP contribution >= 0.6 is 0 Å². The van der Waals surface area contributed by atoms with Crippen molar-refractivity contribution in [3.63, 3.8) is 0 Å². The lowest BCUT2D eigenvalue weighted by Crippen LogP contribution is -2.39. The Balaban J connectivity index is 1.64. The van der Waals surface area contributed by atoms with E-state index in [4.69, 9.17) is 14.2 Å². The van der Waals surface area contributed by atoms with Crippen LogP contribution in [0.5, 0.6) is 17.2 Å². The van der Waals surface area contributed by atoms with Gasteiger partial charge in [0.1, 0.15) is 18.1 Å². The number of halogens is 1. The highest BCUT2D eigenvalue weighted by Crippen LogP contribution is 2.37. The van der Waals surface area contributed by atoms with Crippen molar-refractivity contribution in [2.24, 2.45) is 5.10 Å². The highest BCUT2D eigenvalue weighted by Gasteiger charge is 2.34. The van der Waals surface area contributed by atoms with Gasteiger partial charge < -0.3 is 19.1 Å². The first-order chi connectivity index (χ1) is 17.9. The number of methoxy groups -OCH3 is 3. The van der Waals surface area contributed by atoms with Crippen molar-refractivity contribution in [1.82, 2.24) is 9.91 Å². The average molecular weight is 506 g/mol. The van der Waals surface area contributed by atoms with Crippen LogP contribution in [-0.2, 0) is 4.79 Å². The van der Waals surface area contributed by atoms with E-state index in [1.54, 1.807) is 33.5 Å². The predicted octanol–water partition coefficient (Wildman–Crippen LogP) is 4.30. The van der Waals surface area contributed by atoms with Gasteiger partial charge in [0.15, 0.2) is 11.5 Å². The molecule has 192 valence electrons. The smallest absolute Gasteiger partial charge is 0.262 e. The van der Waals surface area contributed by atoms with Crippen LogP contribution in [0.15, 0.2) is 71.8 Å². The molecule has 4 rings (SSSR count).